The van der Waals surface area contributed by atoms with Crippen molar-refractivity contribution in [1.29, 1.82) is 0 Å². The van der Waals surface area contributed by atoms with Gasteiger partial charge < -0.3 is 14.9 Å². The third-order valence-electron chi connectivity index (χ3n) is 3.13. The average molecular weight is 308 g/mol. The highest BCUT2D eigenvalue weighted by molar-refractivity contribution is 7.20. The van der Waals surface area contributed by atoms with Crippen LogP contribution in [0.5, 0.6) is 0 Å². The van der Waals surface area contributed by atoms with Crippen LogP contribution in [0.2, 0.25) is 0 Å². The van der Waals surface area contributed by atoms with Crippen molar-refractivity contribution in [2.45, 2.75) is 6.92 Å². The number of carboxylic acid groups (broad SMARTS) is 1. The normalized spacial score (nSPS) is 10.7. The number of carbonyl (C=O) groups excluding carboxylic acids is 1. The van der Waals surface area contributed by atoms with Crippen molar-refractivity contribution in [3.05, 3.63) is 16.8 Å². The first-order valence-corrected chi connectivity index (χ1v) is 7.03. The Bertz CT molecular complexity index is 711. The minimum atomic E-state index is -0.978. The minimum Gasteiger partial charge on any atom is -0.477 e. The van der Waals surface area contributed by atoms with Gasteiger partial charge >= 0.3 is 5.97 Å². The van der Waals surface area contributed by atoms with Crippen LogP contribution in [-0.2, 0) is 4.79 Å². The molecule has 0 saturated carbocycles. The molecule has 0 saturated heterocycles. The second-order valence-corrected chi connectivity index (χ2v) is 5.88. The lowest BCUT2D eigenvalue weighted by atomic mass is 10.2. The number of carbonyl (C=O) groups is 2. The number of thiophene rings is 1. The van der Waals surface area contributed by atoms with Gasteiger partial charge in [-0.1, -0.05) is 0 Å². The van der Waals surface area contributed by atoms with E-state index in [0.717, 1.165) is 11.3 Å². The molecule has 112 valence electrons. The molecular formula is C13H16N4O3S. The summed E-state index contributed by atoms with van der Waals surface area (Å²) in [5, 5.41) is 9.89. The maximum absolute atomic E-state index is 11.8. The number of aromatic nitrogens is 2. The molecule has 2 rings (SSSR count). The van der Waals surface area contributed by atoms with E-state index in [-0.39, 0.29) is 17.3 Å². The van der Waals surface area contributed by atoms with Crippen LogP contribution in [0.3, 0.4) is 0 Å². The maximum atomic E-state index is 11.8. The van der Waals surface area contributed by atoms with Crippen LogP contribution >= 0.6 is 11.3 Å². The number of carboxylic acids is 1. The van der Waals surface area contributed by atoms with E-state index >= 15 is 0 Å². The lowest BCUT2D eigenvalue weighted by molar-refractivity contribution is -0.127. The van der Waals surface area contributed by atoms with Gasteiger partial charge in [0.2, 0.25) is 5.91 Å². The van der Waals surface area contributed by atoms with Crippen molar-refractivity contribution in [2.75, 3.05) is 32.6 Å². The van der Waals surface area contributed by atoms with Gasteiger partial charge in [0, 0.05) is 21.1 Å². The maximum Gasteiger partial charge on any atom is 0.346 e. The lowest BCUT2D eigenvalue weighted by Gasteiger charge is -2.20. The molecule has 0 aliphatic rings. The molecule has 0 bridgehead atoms. The summed E-state index contributed by atoms with van der Waals surface area (Å²) in [5.74, 6) is -0.472. The first kappa shape index (κ1) is 15.2. The number of rotatable bonds is 4. The van der Waals surface area contributed by atoms with Crippen molar-refractivity contribution in [3.8, 4) is 0 Å². The summed E-state index contributed by atoms with van der Waals surface area (Å²) in [7, 11) is 5.12. The fourth-order valence-corrected chi connectivity index (χ4v) is 2.95. The molecule has 2 aromatic rings. The zero-order chi connectivity index (χ0) is 15.7. The third kappa shape index (κ3) is 2.80. The van der Waals surface area contributed by atoms with Gasteiger partial charge in [0.15, 0.2) is 0 Å². The highest BCUT2D eigenvalue weighted by Crippen LogP contribution is 2.34. The number of aromatic carboxylic acids is 1. The average Bonchev–Trinajstić information content (AvgIpc) is 2.76. The summed E-state index contributed by atoms with van der Waals surface area (Å²) in [4.78, 5) is 35.4. The number of aryl methyl sites for hydroxylation is 1. The summed E-state index contributed by atoms with van der Waals surface area (Å²) in [6, 6.07) is 0. The zero-order valence-corrected chi connectivity index (χ0v) is 13.1. The molecule has 0 aliphatic carbocycles. The van der Waals surface area contributed by atoms with Crippen molar-refractivity contribution in [1.82, 2.24) is 14.9 Å². The molecule has 0 fully saturated rings. The fourth-order valence-electron chi connectivity index (χ4n) is 1.97. The van der Waals surface area contributed by atoms with Crippen molar-refractivity contribution in [2.24, 2.45) is 0 Å². The van der Waals surface area contributed by atoms with Gasteiger partial charge in [-0.2, -0.15) is 0 Å². The van der Waals surface area contributed by atoms with E-state index in [0.29, 0.717) is 21.6 Å². The Morgan fingerprint density at radius 2 is 1.95 bits per heavy atom. The number of nitrogens with zero attached hydrogens (tertiary/aromatic N) is 4. The molecule has 7 nitrogen and oxygen atoms in total. The summed E-state index contributed by atoms with van der Waals surface area (Å²) < 4.78 is 0. The summed E-state index contributed by atoms with van der Waals surface area (Å²) in [6.45, 7) is 1.90. The van der Waals surface area contributed by atoms with Gasteiger partial charge in [0.25, 0.3) is 0 Å². The number of hydrogen-bond donors (Lipinski definition) is 1. The second kappa shape index (κ2) is 5.65. The second-order valence-electron chi connectivity index (χ2n) is 4.88. The van der Waals surface area contributed by atoms with E-state index < -0.39 is 5.97 Å². The van der Waals surface area contributed by atoms with Gasteiger partial charge in [-0.05, 0) is 12.5 Å². The summed E-state index contributed by atoms with van der Waals surface area (Å²) in [6.07, 6.45) is 1.38. The van der Waals surface area contributed by atoms with Gasteiger partial charge in [-0.3, -0.25) is 4.79 Å². The van der Waals surface area contributed by atoms with Crippen LogP contribution in [0.1, 0.15) is 15.2 Å². The largest absolute Gasteiger partial charge is 0.477 e. The number of anilines is 1. The van der Waals surface area contributed by atoms with Gasteiger partial charge in [-0.15, -0.1) is 11.3 Å². The molecule has 2 aromatic heterocycles. The van der Waals surface area contributed by atoms with Crippen LogP contribution in [-0.4, -0.2) is 59.5 Å². The molecule has 0 radical (unpaired) electrons. The molecule has 2 heterocycles. The molecule has 0 spiro atoms. The summed E-state index contributed by atoms with van der Waals surface area (Å²) >= 11 is 1.12. The summed E-state index contributed by atoms with van der Waals surface area (Å²) in [5.41, 5.74) is 0.627. The number of fused-ring (bicyclic) bond motifs is 1. The Balaban J connectivity index is 2.49. The molecule has 0 atom stereocenters. The topological polar surface area (TPSA) is 86.6 Å². The number of likely N-dealkylation sites (N-methyl/N-ethyl adjacent to an activating group) is 2. The Hall–Kier alpha value is -2.22. The van der Waals surface area contributed by atoms with Crippen LogP contribution in [0.25, 0.3) is 10.2 Å². The molecule has 0 unspecified atom stereocenters. The quantitative estimate of drug-likeness (QED) is 0.914. The van der Waals surface area contributed by atoms with E-state index in [4.69, 9.17) is 0 Å². The van der Waals surface area contributed by atoms with Crippen molar-refractivity contribution >= 4 is 39.2 Å². The Labute approximate surface area is 125 Å². The van der Waals surface area contributed by atoms with Crippen LogP contribution in [0.15, 0.2) is 6.33 Å². The predicted molar refractivity (Wildman–Crippen MR) is 81.1 cm³/mol. The van der Waals surface area contributed by atoms with Gasteiger partial charge in [0.05, 0.1) is 11.9 Å². The fraction of sp³-hybridized carbons (Fsp3) is 0.385. The Morgan fingerprint density at radius 1 is 1.29 bits per heavy atom. The van der Waals surface area contributed by atoms with Crippen LogP contribution in [0, 0.1) is 6.92 Å². The third-order valence-corrected chi connectivity index (χ3v) is 4.32. The number of hydrogen-bond acceptors (Lipinski definition) is 6. The van der Waals surface area contributed by atoms with Gasteiger partial charge in [0.1, 0.15) is 21.9 Å². The Morgan fingerprint density at radius 3 is 2.52 bits per heavy atom. The Kier molecular flexibility index (Phi) is 4.08. The van der Waals surface area contributed by atoms with Crippen molar-refractivity contribution in [3.63, 3.8) is 0 Å². The van der Waals surface area contributed by atoms with E-state index in [9.17, 15) is 14.7 Å². The monoisotopic (exact) mass is 308 g/mol. The molecular weight excluding hydrogens is 292 g/mol. The van der Waals surface area contributed by atoms with Crippen LogP contribution in [0.4, 0.5) is 5.82 Å². The lowest BCUT2D eigenvalue weighted by Crippen LogP contribution is -2.34. The van der Waals surface area contributed by atoms with Crippen molar-refractivity contribution < 1.29 is 14.7 Å². The highest BCUT2D eigenvalue weighted by Gasteiger charge is 2.21. The smallest absolute Gasteiger partial charge is 0.346 e. The minimum absolute atomic E-state index is 0.0596. The SMILES string of the molecule is Cc1c(C(=O)O)sc2ncnc(N(C)CC(=O)N(C)C)c12. The highest BCUT2D eigenvalue weighted by atomic mass is 32.1. The van der Waals surface area contributed by atoms with E-state index in [1.807, 2.05) is 0 Å². The molecule has 8 heteroatoms. The van der Waals surface area contributed by atoms with E-state index in [1.54, 1.807) is 33.0 Å². The first-order valence-electron chi connectivity index (χ1n) is 6.21. The number of amides is 1. The molecule has 1 amide bonds. The molecule has 21 heavy (non-hydrogen) atoms. The molecule has 0 aromatic carbocycles. The standard InChI is InChI=1S/C13H16N4O3S/c1-7-9-11(17(4)5-8(18)16(2)3)14-6-15-12(9)21-10(7)13(19)20/h6H,5H2,1-4H3,(H,19,20). The van der Waals surface area contributed by atoms with E-state index in [2.05, 4.69) is 9.97 Å². The van der Waals surface area contributed by atoms with Gasteiger partial charge in [-0.25, -0.2) is 14.8 Å². The first-order chi connectivity index (χ1) is 9.82. The predicted octanol–water partition coefficient (Wildman–Crippen LogP) is 1.22. The zero-order valence-electron chi connectivity index (χ0n) is 12.2. The molecule has 0 aliphatic heterocycles. The van der Waals surface area contributed by atoms with Crippen LogP contribution < -0.4 is 4.90 Å². The van der Waals surface area contributed by atoms with E-state index in [1.165, 1.54) is 11.2 Å². The molecule has 1 N–H and O–H groups in total.